The zero-order valence-corrected chi connectivity index (χ0v) is 17.5. The molecule has 28 heavy (non-hydrogen) atoms. The van der Waals surface area contributed by atoms with E-state index in [1.807, 2.05) is 56.4 Å². The van der Waals surface area contributed by atoms with Crippen molar-refractivity contribution in [3.05, 3.63) is 65.7 Å². The Morgan fingerprint density at radius 3 is 2.25 bits per heavy atom. The Kier molecular flexibility index (Phi) is 7.87. The number of carbonyl (C=O) groups excluding carboxylic acids is 1. The van der Waals surface area contributed by atoms with Gasteiger partial charge < -0.3 is 20.0 Å². The molecule has 0 atom stereocenters. The first-order valence-corrected chi connectivity index (χ1v) is 9.36. The normalized spacial score (nSPS) is 11.1. The molecular weight excluding hydrogens is 350 g/mol. The largest absolute Gasteiger partial charge is 0.378 e. The monoisotopic (exact) mass is 381 g/mol. The minimum Gasteiger partial charge on any atom is -0.378 e. The van der Waals surface area contributed by atoms with Gasteiger partial charge in [-0.15, -0.1) is 0 Å². The highest BCUT2D eigenvalue weighted by Gasteiger charge is 2.11. The summed E-state index contributed by atoms with van der Waals surface area (Å²) in [7, 11) is 9.55. The van der Waals surface area contributed by atoms with Crippen molar-refractivity contribution in [1.82, 2.24) is 15.1 Å². The van der Waals surface area contributed by atoms with Crippen LogP contribution in [0.4, 0.5) is 5.69 Å². The lowest BCUT2D eigenvalue weighted by Crippen LogP contribution is -2.43. The van der Waals surface area contributed by atoms with Gasteiger partial charge in [-0.3, -0.25) is 4.79 Å². The Hall–Kier alpha value is -3.02. The number of benzene rings is 2. The van der Waals surface area contributed by atoms with Crippen molar-refractivity contribution in [2.45, 2.75) is 13.1 Å². The second-order valence-corrected chi connectivity index (χ2v) is 7.19. The van der Waals surface area contributed by atoms with Crippen molar-refractivity contribution in [3.8, 4) is 0 Å². The summed E-state index contributed by atoms with van der Waals surface area (Å²) in [5.41, 5.74) is 3.47. The third-order valence-electron chi connectivity index (χ3n) is 4.36. The number of amides is 1. The molecule has 0 radical (unpaired) electrons. The Morgan fingerprint density at radius 2 is 1.61 bits per heavy atom. The van der Waals surface area contributed by atoms with Gasteiger partial charge in [-0.25, -0.2) is 4.99 Å². The number of guanidine groups is 1. The predicted molar refractivity (Wildman–Crippen MR) is 117 cm³/mol. The highest BCUT2D eigenvalue weighted by Crippen LogP contribution is 2.14. The first-order chi connectivity index (χ1) is 13.4. The van der Waals surface area contributed by atoms with Gasteiger partial charge in [-0.05, 0) is 23.3 Å². The average Bonchev–Trinajstić information content (AvgIpc) is 2.68. The van der Waals surface area contributed by atoms with E-state index in [0.29, 0.717) is 19.0 Å². The maximum atomic E-state index is 12.0. The van der Waals surface area contributed by atoms with E-state index in [9.17, 15) is 4.79 Å². The number of hydrogen-bond donors (Lipinski definition) is 1. The summed E-state index contributed by atoms with van der Waals surface area (Å²) in [5, 5.41) is 3.20. The maximum absolute atomic E-state index is 12.0. The molecule has 150 valence electrons. The van der Waals surface area contributed by atoms with Crippen molar-refractivity contribution >= 4 is 17.6 Å². The molecule has 0 saturated heterocycles. The van der Waals surface area contributed by atoms with E-state index in [1.165, 1.54) is 5.56 Å². The van der Waals surface area contributed by atoms with E-state index in [2.05, 4.69) is 34.5 Å². The number of aliphatic imine (C=N–C) groups is 1. The van der Waals surface area contributed by atoms with Crippen LogP contribution >= 0.6 is 0 Å². The molecule has 0 aliphatic heterocycles. The first kappa shape index (κ1) is 21.3. The predicted octanol–water partition coefficient (Wildman–Crippen LogP) is 2.42. The van der Waals surface area contributed by atoms with Gasteiger partial charge in [0.25, 0.3) is 0 Å². The van der Waals surface area contributed by atoms with Crippen LogP contribution in [0.1, 0.15) is 11.1 Å². The van der Waals surface area contributed by atoms with Gasteiger partial charge in [-0.1, -0.05) is 42.5 Å². The molecule has 2 aromatic carbocycles. The molecule has 6 nitrogen and oxygen atoms in total. The van der Waals surface area contributed by atoms with Gasteiger partial charge in [0.05, 0.1) is 13.1 Å². The van der Waals surface area contributed by atoms with Gasteiger partial charge in [0, 0.05) is 47.5 Å². The second-order valence-electron chi connectivity index (χ2n) is 7.19. The lowest BCUT2D eigenvalue weighted by atomic mass is 10.2. The van der Waals surface area contributed by atoms with Gasteiger partial charge in [0.2, 0.25) is 5.91 Å². The number of hydrogen-bond acceptors (Lipinski definition) is 3. The highest BCUT2D eigenvalue weighted by molar-refractivity contribution is 5.86. The summed E-state index contributed by atoms with van der Waals surface area (Å²) in [6.07, 6.45) is 0. The van der Waals surface area contributed by atoms with Crippen molar-refractivity contribution in [3.63, 3.8) is 0 Å². The molecule has 0 aliphatic carbocycles. The summed E-state index contributed by atoms with van der Waals surface area (Å²) >= 11 is 0. The number of nitrogens with zero attached hydrogens (tertiary/aromatic N) is 4. The van der Waals surface area contributed by atoms with Gasteiger partial charge in [-0.2, -0.15) is 0 Å². The molecule has 0 bridgehead atoms. The molecule has 0 spiro atoms. The topological polar surface area (TPSA) is 51.2 Å². The zero-order chi connectivity index (χ0) is 20.5. The van der Waals surface area contributed by atoms with Crippen LogP contribution in [0, 0.1) is 0 Å². The molecule has 0 fully saturated rings. The Labute approximate surface area is 168 Å². The van der Waals surface area contributed by atoms with E-state index >= 15 is 0 Å². The van der Waals surface area contributed by atoms with E-state index in [-0.39, 0.29) is 12.5 Å². The number of rotatable bonds is 7. The summed E-state index contributed by atoms with van der Waals surface area (Å²) < 4.78 is 0. The van der Waals surface area contributed by atoms with Crippen LogP contribution < -0.4 is 10.2 Å². The van der Waals surface area contributed by atoms with E-state index in [1.54, 1.807) is 19.0 Å². The molecule has 1 N–H and O–H groups in total. The maximum Gasteiger partial charge on any atom is 0.241 e. The smallest absolute Gasteiger partial charge is 0.241 e. The average molecular weight is 382 g/mol. The van der Waals surface area contributed by atoms with Crippen LogP contribution in [-0.2, 0) is 17.9 Å². The number of likely N-dealkylation sites (N-methyl/N-ethyl adjacent to an activating group) is 1. The summed E-state index contributed by atoms with van der Waals surface area (Å²) in [6.45, 7) is 1.46. The lowest BCUT2D eigenvalue weighted by molar-refractivity contribution is -0.127. The molecule has 0 heterocycles. The van der Waals surface area contributed by atoms with Crippen LogP contribution in [0.15, 0.2) is 59.6 Å². The third-order valence-corrected chi connectivity index (χ3v) is 4.36. The van der Waals surface area contributed by atoms with Crippen molar-refractivity contribution < 1.29 is 4.79 Å². The van der Waals surface area contributed by atoms with Crippen LogP contribution in [0.2, 0.25) is 0 Å². The molecule has 0 aliphatic rings. The molecule has 0 unspecified atom stereocenters. The summed E-state index contributed by atoms with van der Waals surface area (Å²) in [6, 6.07) is 18.5. The van der Waals surface area contributed by atoms with Crippen molar-refractivity contribution in [1.29, 1.82) is 0 Å². The second kappa shape index (κ2) is 10.3. The molecule has 2 aromatic rings. The third kappa shape index (κ3) is 6.61. The van der Waals surface area contributed by atoms with Crippen molar-refractivity contribution in [2.24, 2.45) is 4.99 Å². The fraction of sp³-hybridized carbons (Fsp3) is 0.364. The van der Waals surface area contributed by atoms with Crippen LogP contribution in [0.25, 0.3) is 0 Å². The SMILES string of the molecule is CN(C)C(=O)CNC(=NCc1ccccc1)N(C)Cc1cccc(N(C)C)c1. The molecule has 6 heteroatoms. The minimum atomic E-state index is 0.00964. The number of nitrogens with one attached hydrogen (secondary N) is 1. The van der Waals surface area contributed by atoms with Crippen LogP contribution in [0.3, 0.4) is 0 Å². The fourth-order valence-electron chi connectivity index (χ4n) is 2.66. The van der Waals surface area contributed by atoms with E-state index in [0.717, 1.165) is 11.3 Å². The summed E-state index contributed by atoms with van der Waals surface area (Å²) in [4.78, 5) is 22.4. The molecule has 1 amide bonds. The summed E-state index contributed by atoms with van der Waals surface area (Å²) in [5.74, 6) is 0.713. The van der Waals surface area contributed by atoms with E-state index < -0.39 is 0 Å². The standard InChI is InChI=1S/C22H31N5O/c1-25(2)20-13-9-12-19(14-20)17-27(5)22(24-16-21(28)26(3)4)23-15-18-10-7-6-8-11-18/h6-14H,15-17H2,1-5H3,(H,23,24). The molecular formula is C22H31N5O. The zero-order valence-electron chi connectivity index (χ0n) is 17.5. The molecule has 0 saturated carbocycles. The molecule has 2 rings (SSSR count). The fourth-order valence-corrected chi connectivity index (χ4v) is 2.66. The minimum absolute atomic E-state index is 0.00964. The first-order valence-electron chi connectivity index (χ1n) is 9.36. The number of anilines is 1. The van der Waals surface area contributed by atoms with Gasteiger partial charge in [0.1, 0.15) is 0 Å². The van der Waals surface area contributed by atoms with Crippen LogP contribution in [0.5, 0.6) is 0 Å². The van der Waals surface area contributed by atoms with E-state index in [4.69, 9.17) is 4.99 Å². The Bertz CT molecular complexity index is 787. The Morgan fingerprint density at radius 1 is 0.929 bits per heavy atom. The highest BCUT2D eigenvalue weighted by atomic mass is 16.2. The Balaban J connectivity index is 2.14. The van der Waals surface area contributed by atoms with Crippen molar-refractivity contribution in [2.75, 3.05) is 46.7 Å². The molecule has 0 aromatic heterocycles. The van der Waals surface area contributed by atoms with Crippen LogP contribution in [-0.4, -0.2) is 63.4 Å². The quantitative estimate of drug-likeness (QED) is 0.591. The lowest BCUT2D eigenvalue weighted by Gasteiger charge is -2.24. The number of carbonyl (C=O) groups is 1. The van der Waals surface area contributed by atoms with Gasteiger partial charge >= 0.3 is 0 Å². The van der Waals surface area contributed by atoms with Gasteiger partial charge in [0.15, 0.2) is 5.96 Å².